The highest BCUT2D eigenvalue weighted by atomic mass is 16.5. The van der Waals surface area contributed by atoms with Gasteiger partial charge < -0.3 is 14.2 Å². The molecule has 1 aliphatic rings. The molecule has 0 unspecified atom stereocenters. The van der Waals surface area contributed by atoms with Crippen LogP contribution in [0.5, 0.6) is 0 Å². The van der Waals surface area contributed by atoms with E-state index < -0.39 is 0 Å². The van der Waals surface area contributed by atoms with Crippen molar-refractivity contribution < 1.29 is 9.26 Å². The quantitative estimate of drug-likeness (QED) is 0.685. The average Bonchev–Trinajstić information content (AvgIpc) is 3.10. The molecule has 1 aliphatic heterocycles. The van der Waals surface area contributed by atoms with E-state index in [0.717, 1.165) is 25.2 Å². The minimum atomic E-state index is -0.201. The Balaban J connectivity index is 1.50. The van der Waals surface area contributed by atoms with Gasteiger partial charge in [0.05, 0.1) is 11.9 Å². The highest BCUT2D eigenvalue weighted by Crippen LogP contribution is 2.22. The molecule has 2 aromatic heterocycles. The lowest BCUT2D eigenvalue weighted by atomic mass is 10.00. The minimum Gasteiger partial charge on any atom is -0.377 e. The van der Waals surface area contributed by atoms with Crippen molar-refractivity contribution >= 4 is 5.69 Å². The molecule has 4 rings (SSSR count). The van der Waals surface area contributed by atoms with E-state index in [9.17, 15) is 4.79 Å². The molecule has 26 heavy (non-hydrogen) atoms. The van der Waals surface area contributed by atoms with E-state index in [1.165, 1.54) is 15.8 Å². The molecule has 0 spiro atoms. The molecule has 0 fully saturated rings. The number of hydrogen-bond donors (Lipinski definition) is 0. The smallest absolute Gasteiger partial charge is 0.269 e. The van der Waals surface area contributed by atoms with Gasteiger partial charge in [-0.1, -0.05) is 29.4 Å². The number of anilines is 1. The predicted molar refractivity (Wildman–Crippen MR) is 93.8 cm³/mol. The van der Waals surface area contributed by atoms with Crippen molar-refractivity contribution in [3.63, 3.8) is 0 Å². The van der Waals surface area contributed by atoms with E-state index >= 15 is 0 Å². The zero-order valence-corrected chi connectivity index (χ0v) is 14.5. The summed E-state index contributed by atoms with van der Waals surface area (Å²) in [6.45, 7) is 2.05. The van der Waals surface area contributed by atoms with Crippen molar-refractivity contribution in [2.24, 2.45) is 0 Å². The maximum Gasteiger partial charge on any atom is 0.269 e. The summed E-state index contributed by atoms with van der Waals surface area (Å²) < 4.78 is 11.4. The molecule has 8 heteroatoms. The lowest BCUT2D eigenvalue weighted by Crippen LogP contribution is -2.32. The largest absolute Gasteiger partial charge is 0.377 e. The molecule has 0 aliphatic carbocycles. The Hall–Kier alpha value is -3.00. The number of hydrogen-bond acceptors (Lipinski definition) is 7. The van der Waals surface area contributed by atoms with Crippen molar-refractivity contribution in [2.75, 3.05) is 18.6 Å². The second kappa shape index (κ2) is 7.09. The fourth-order valence-corrected chi connectivity index (χ4v) is 3.10. The third-order valence-electron chi connectivity index (χ3n) is 4.42. The van der Waals surface area contributed by atoms with Gasteiger partial charge in [-0.05, 0) is 17.5 Å². The Kier molecular flexibility index (Phi) is 4.49. The number of ether oxygens (including phenoxy) is 1. The lowest BCUT2D eigenvalue weighted by molar-refractivity contribution is 0.174. The Morgan fingerprint density at radius 2 is 2.12 bits per heavy atom. The number of rotatable bonds is 5. The second-order valence-corrected chi connectivity index (χ2v) is 6.19. The van der Waals surface area contributed by atoms with E-state index in [-0.39, 0.29) is 18.7 Å². The number of nitrogens with zero attached hydrogens (tertiary/aromatic N) is 5. The zero-order valence-electron chi connectivity index (χ0n) is 14.5. The zero-order chi connectivity index (χ0) is 17.9. The molecular formula is C18H19N5O3. The van der Waals surface area contributed by atoms with Gasteiger partial charge in [0, 0.05) is 26.3 Å². The van der Waals surface area contributed by atoms with Gasteiger partial charge in [0.1, 0.15) is 13.2 Å². The van der Waals surface area contributed by atoms with Crippen LogP contribution >= 0.6 is 0 Å². The van der Waals surface area contributed by atoms with Gasteiger partial charge in [0.2, 0.25) is 5.89 Å². The highest BCUT2D eigenvalue weighted by molar-refractivity contribution is 5.47. The predicted octanol–water partition coefficient (Wildman–Crippen LogP) is 1.38. The first-order valence-electron chi connectivity index (χ1n) is 8.42. The summed E-state index contributed by atoms with van der Waals surface area (Å²) in [6.07, 6.45) is 2.67. The van der Waals surface area contributed by atoms with E-state index in [2.05, 4.69) is 38.3 Å². The summed E-state index contributed by atoms with van der Waals surface area (Å²) in [4.78, 5) is 18.8. The van der Waals surface area contributed by atoms with Gasteiger partial charge in [-0.25, -0.2) is 4.68 Å². The van der Waals surface area contributed by atoms with Crippen LogP contribution in [0, 0.1) is 0 Å². The standard InChI is InChI=1S/C18H19N5O3/c1-25-12-16-20-17(26-21-16)11-23-18(24)8-15(9-19-23)22-7-6-13-4-2-3-5-14(13)10-22/h2-5,8-9H,6-7,10-12H2,1H3. The van der Waals surface area contributed by atoms with Crippen LogP contribution < -0.4 is 10.5 Å². The summed E-state index contributed by atoms with van der Waals surface area (Å²) in [7, 11) is 1.56. The van der Waals surface area contributed by atoms with Crippen LogP contribution in [-0.2, 0) is 30.9 Å². The van der Waals surface area contributed by atoms with Crippen molar-refractivity contribution in [2.45, 2.75) is 26.1 Å². The van der Waals surface area contributed by atoms with Crippen LogP contribution in [-0.4, -0.2) is 33.6 Å². The average molecular weight is 353 g/mol. The van der Waals surface area contributed by atoms with E-state index in [1.54, 1.807) is 19.4 Å². The third kappa shape index (κ3) is 3.36. The van der Waals surface area contributed by atoms with Gasteiger partial charge in [-0.2, -0.15) is 10.1 Å². The molecule has 0 amide bonds. The van der Waals surface area contributed by atoms with Crippen LogP contribution in [0.3, 0.4) is 0 Å². The van der Waals surface area contributed by atoms with E-state index in [0.29, 0.717) is 11.7 Å². The first-order valence-corrected chi connectivity index (χ1v) is 8.42. The van der Waals surface area contributed by atoms with E-state index in [4.69, 9.17) is 9.26 Å². The first kappa shape index (κ1) is 16.5. The molecule has 0 saturated carbocycles. The van der Waals surface area contributed by atoms with Crippen molar-refractivity contribution in [3.05, 3.63) is 69.7 Å². The summed E-state index contributed by atoms with van der Waals surface area (Å²) in [6, 6.07) is 10.00. The molecule has 8 nitrogen and oxygen atoms in total. The van der Waals surface area contributed by atoms with Crippen LogP contribution in [0.2, 0.25) is 0 Å². The summed E-state index contributed by atoms with van der Waals surface area (Å²) in [5, 5.41) is 8.05. The van der Waals surface area contributed by atoms with Gasteiger partial charge in [-0.3, -0.25) is 4.79 Å². The summed E-state index contributed by atoms with van der Waals surface area (Å²) >= 11 is 0. The molecule has 3 aromatic rings. The molecule has 0 atom stereocenters. The third-order valence-corrected chi connectivity index (χ3v) is 4.42. The lowest BCUT2D eigenvalue weighted by Gasteiger charge is -2.30. The van der Waals surface area contributed by atoms with Gasteiger partial charge in [0.15, 0.2) is 5.82 Å². The minimum absolute atomic E-state index is 0.138. The first-order chi connectivity index (χ1) is 12.7. The van der Waals surface area contributed by atoms with Crippen molar-refractivity contribution in [1.29, 1.82) is 0 Å². The molecule has 0 N–H and O–H groups in total. The maximum absolute atomic E-state index is 12.4. The Bertz CT molecular complexity index is 965. The second-order valence-electron chi connectivity index (χ2n) is 6.19. The summed E-state index contributed by atoms with van der Waals surface area (Å²) in [5.41, 5.74) is 3.28. The Morgan fingerprint density at radius 3 is 2.92 bits per heavy atom. The molecule has 134 valence electrons. The number of benzene rings is 1. The van der Waals surface area contributed by atoms with Gasteiger partial charge >= 0.3 is 0 Å². The molecule has 1 aromatic carbocycles. The number of methoxy groups -OCH3 is 1. The fourth-order valence-electron chi connectivity index (χ4n) is 3.10. The van der Waals surface area contributed by atoms with Gasteiger partial charge in [-0.15, -0.1) is 0 Å². The van der Waals surface area contributed by atoms with E-state index in [1.807, 2.05) is 6.07 Å². The highest BCUT2D eigenvalue weighted by Gasteiger charge is 2.17. The Labute approximate surface area is 150 Å². The maximum atomic E-state index is 12.4. The van der Waals surface area contributed by atoms with Crippen molar-refractivity contribution in [1.82, 2.24) is 19.9 Å². The number of fused-ring (bicyclic) bond motifs is 1. The Morgan fingerprint density at radius 1 is 1.27 bits per heavy atom. The van der Waals surface area contributed by atoms with Crippen LogP contribution in [0.15, 0.2) is 45.8 Å². The monoisotopic (exact) mass is 353 g/mol. The van der Waals surface area contributed by atoms with Crippen molar-refractivity contribution in [3.8, 4) is 0 Å². The molecule has 0 radical (unpaired) electrons. The van der Waals surface area contributed by atoms with Crippen LogP contribution in [0.25, 0.3) is 0 Å². The number of aromatic nitrogens is 4. The summed E-state index contributed by atoms with van der Waals surface area (Å²) in [5.74, 6) is 0.769. The molecule has 0 bridgehead atoms. The molecular weight excluding hydrogens is 334 g/mol. The topological polar surface area (TPSA) is 86.3 Å². The normalized spacial score (nSPS) is 13.7. The SMILES string of the molecule is COCc1noc(Cn2ncc(N3CCc4ccccc4C3)cc2=O)n1. The molecule has 0 saturated heterocycles. The van der Waals surface area contributed by atoms with Crippen LogP contribution in [0.1, 0.15) is 22.8 Å². The van der Waals surface area contributed by atoms with Crippen LogP contribution in [0.4, 0.5) is 5.69 Å². The fraction of sp³-hybridized carbons (Fsp3) is 0.333. The van der Waals surface area contributed by atoms with Gasteiger partial charge in [0.25, 0.3) is 5.56 Å². The molecule has 3 heterocycles.